The van der Waals surface area contributed by atoms with Crippen LogP contribution in [0.2, 0.25) is 0 Å². The summed E-state index contributed by atoms with van der Waals surface area (Å²) in [6, 6.07) is 8.45. The van der Waals surface area contributed by atoms with E-state index in [2.05, 4.69) is 47.6 Å². The minimum Gasteiger partial charge on any atom is -0.462 e. The Hall–Kier alpha value is -1.84. The van der Waals surface area contributed by atoms with Crippen LogP contribution >= 0.6 is 0 Å². The van der Waals surface area contributed by atoms with Crippen molar-refractivity contribution in [2.24, 2.45) is 0 Å². The molecule has 0 aromatic heterocycles. The van der Waals surface area contributed by atoms with E-state index in [4.69, 9.17) is 0 Å². The number of esters is 2. The topological polar surface area (TPSA) is 52.6 Å². The first-order valence-corrected chi connectivity index (χ1v) is 5.72. The predicted octanol–water partition coefficient (Wildman–Crippen LogP) is 2.42. The number of hydrogen-bond acceptors (Lipinski definition) is 4. The summed E-state index contributed by atoms with van der Waals surface area (Å²) < 4.78 is 8.95. The van der Waals surface area contributed by atoms with Crippen LogP contribution in [0.4, 0.5) is 0 Å². The average Bonchev–Trinajstić information content (AvgIpc) is 2.24. The third-order valence-corrected chi connectivity index (χ3v) is 1.87. The van der Waals surface area contributed by atoms with Crippen molar-refractivity contribution in [2.45, 2.75) is 27.7 Å². The molecule has 1 aromatic carbocycles. The van der Waals surface area contributed by atoms with E-state index in [1.165, 1.54) is 25.0 Å². The second-order valence-electron chi connectivity index (χ2n) is 3.84. The Morgan fingerprint density at radius 1 is 0.944 bits per heavy atom. The minimum absolute atomic E-state index is 0.134. The lowest BCUT2D eigenvalue weighted by Crippen LogP contribution is -2.09. The third kappa shape index (κ3) is 10.7. The van der Waals surface area contributed by atoms with Crippen molar-refractivity contribution >= 4 is 11.9 Å². The van der Waals surface area contributed by atoms with Crippen molar-refractivity contribution in [1.29, 1.82) is 0 Å². The lowest BCUT2D eigenvalue weighted by molar-refractivity contribution is -0.149. The lowest BCUT2D eigenvalue weighted by atomic mass is 10.2. The molecule has 100 valence electrons. The second-order valence-corrected chi connectivity index (χ2v) is 3.84. The molecule has 0 aliphatic rings. The Labute approximate surface area is 108 Å². The highest BCUT2D eigenvalue weighted by molar-refractivity contribution is 5.66. The summed E-state index contributed by atoms with van der Waals surface area (Å²) in [6.45, 7) is 7.07. The van der Waals surface area contributed by atoms with Gasteiger partial charge in [0.25, 0.3) is 0 Å². The van der Waals surface area contributed by atoms with Crippen LogP contribution in [0.15, 0.2) is 24.3 Å². The van der Waals surface area contributed by atoms with Crippen molar-refractivity contribution in [1.82, 2.24) is 0 Å². The van der Waals surface area contributed by atoms with Crippen LogP contribution in [0.1, 0.15) is 25.0 Å². The van der Waals surface area contributed by atoms with Crippen LogP contribution in [-0.4, -0.2) is 25.2 Å². The van der Waals surface area contributed by atoms with Crippen LogP contribution in [0.5, 0.6) is 0 Å². The van der Waals surface area contributed by atoms with Crippen molar-refractivity contribution < 1.29 is 19.1 Å². The summed E-state index contributed by atoms with van der Waals surface area (Å²) in [5, 5.41) is 0. The average molecular weight is 252 g/mol. The largest absolute Gasteiger partial charge is 0.462 e. The highest BCUT2D eigenvalue weighted by Crippen LogP contribution is 2.00. The summed E-state index contributed by atoms with van der Waals surface area (Å²) in [7, 11) is 0. The molecule has 0 unspecified atom stereocenters. The Morgan fingerprint density at radius 2 is 1.33 bits per heavy atom. The molecule has 1 aromatic rings. The molecule has 0 saturated carbocycles. The number of ether oxygens (including phenoxy) is 2. The number of benzene rings is 1. The van der Waals surface area contributed by atoms with Gasteiger partial charge in [-0.15, -0.1) is 0 Å². The minimum atomic E-state index is -0.368. The van der Waals surface area contributed by atoms with Gasteiger partial charge in [0, 0.05) is 13.8 Å². The van der Waals surface area contributed by atoms with Gasteiger partial charge in [0.2, 0.25) is 0 Å². The molecule has 18 heavy (non-hydrogen) atoms. The molecule has 4 heteroatoms. The van der Waals surface area contributed by atoms with Gasteiger partial charge in [-0.05, 0) is 13.8 Å². The van der Waals surface area contributed by atoms with Gasteiger partial charge in [0.05, 0.1) is 0 Å². The molecule has 0 N–H and O–H groups in total. The first-order chi connectivity index (χ1) is 8.41. The zero-order chi connectivity index (χ0) is 14.0. The third-order valence-electron chi connectivity index (χ3n) is 1.87. The maximum Gasteiger partial charge on any atom is 0.302 e. The second kappa shape index (κ2) is 9.22. The van der Waals surface area contributed by atoms with Gasteiger partial charge in [-0.1, -0.05) is 35.4 Å². The van der Waals surface area contributed by atoms with E-state index in [0.29, 0.717) is 0 Å². The normalized spacial score (nSPS) is 8.89. The van der Waals surface area contributed by atoms with Crippen molar-refractivity contribution in [3.8, 4) is 0 Å². The van der Waals surface area contributed by atoms with E-state index in [-0.39, 0.29) is 25.2 Å². The van der Waals surface area contributed by atoms with Gasteiger partial charge in [0.1, 0.15) is 13.2 Å². The van der Waals surface area contributed by atoms with Crippen LogP contribution < -0.4 is 0 Å². The molecule has 0 spiro atoms. The van der Waals surface area contributed by atoms with Gasteiger partial charge in [-0.25, -0.2) is 0 Å². The van der Waals surface area contributed by atoms with Crippen LogP contribution in [0.3, 0.4) is 0 Å². The Kier molecular flexibility index (Phi) is 8.27. The first kappa shape index (κ1) is 16.2. The van der Waals surface area contributed by atoms with E-state index in [1.807, 2.05) is 0 Å². The standard InChI is InChI=1S/C8H10.C6H10O4/c1-7-4-3-5-8(2)6-7;1-5(7)9-3-4-10-6(2)8/h3-6H,1-2H3;3-4H2,1-2H3. The van der Waals surface area contributed by atoms with E-state index >= 15 is 0 Å². The number of hydrogen-bond donors (Lipinski definition) is 0. The molecular formula is C14H20O4. The molecule has 0 aliphatic carbocycles. The van der Waals surface area contributed by atoms with E-state index in [0.717, 1.165) is 0 Å². The summed E-state index contributed by atoms with van der Waals surface area (Å²) >= 11 is 0. The van der Waals surface area contributed by atoms with Crippen LogP contribution in [0.25, 0.3) is 0 Å². The zero-order valence-electron chi connectivity index (χ0n) is 11.4. The molecule has 1 rings (SSSR count). The van der Waals surface area contributed by atoms with Gasteiger partial charge in [0.15, 0.2) is 0 Å². The van der Waals surface area contributed by atoms with Gasteiger partial charge in [-0.3, -0.25) is 9.59 Å². The molecule has 0 radical (unpaired) electrons. The Balaban J connectivity index is 0.000000327. The lowest BCUT2D eigenvalue weighted by Gasteiger charge is -2.00. The Bertz CT molecular complexity index is 352. The summed E-state index contributed by atoms with van der Waals surface area (Å²) in [6.07, 6.45) is 0. The molecule has 0 bridgehead atoms. The summed E-state index contributed by atoms with van der Waals surface area (Å²) in [5.41, 5.74) is 2.68. The maximum atomic E-state index is 10.1. The van der Waals surface area contributed by atoms with E-state index in [9.17, 15) is 9.59 Å². The smallest absolute Gasteiger partial charge is 0.302 e. The number of aryl methyl sites for hydroxylation is 2. The number of carbonyl (C=O) groups is 2. The van der Waals surface area contributed by atoms with Crippen molar-refractivity contribution in [3.05, 3.63) is 35.4 Å². The fourth-order valence-electron chi connectivity index (χ4n) is 1.18. The van der Waals surface area contributed by atoms with Gasteiger partial charge < -0.3 is 9.47 Å². The highest BCUT2D eigenvalue weighted by Gasteiger charge is 1.94. The zero-order valence-corrected chi connectivity index (χ0v) is 11.4. The summed E-state index contributed by atoms with van der Waals surface area (Å²) in [5.74, 6) is -0.737. The fourth-order valence-corrected chi connectivity index (χ4v) is 1.18. The molecule has 0 fully saturated rings. The number of rotatable bonds is 3. The predicted molar refractivity (Wildman–Crippen MR) is 69.2 cm³/mol. The van der Waals surface area contributed by atoms with Gasteiger partial charge in [-0.2, -0.15) is 0 Å². The molecule has 0 aliphatic heterocycles. The van der Waals surface area contributed by atoms with Crippen molar-refractivity contribution in [3.63, 3.8) is 0 Å². The summed E-state index contributed by atoms with van der Waals surface area (Å²) in [4.78, 5) is 20.3. The van der Waals surface area contributed by atoms with Crippen molar-refractivity contribution in [2.75, 3.05) is 13.2 Å². The molecule has 0 amide bonds. The SMILES string of the molecule is CC(=O)OCCOC(C)=O.Cc1cccc(C)c1. The Morgan fingerprint density at radius 3 is 1.56 bits per heavy atom. The molecule has 0 heterocycles. The molecule has 0 atom stereocenters. The maximum absolute atomic E-state index is 10.1. The highest BCUT2D eigenvalue weighted by atomic mass is 16.6. The monoisotopic (exact) mass is 252 g/mol. The van der Waals surface area contributed by atoms with E-state index in [1.54, 1.807) is 0 Å². The molecular weight excluding hydrogens is 232 g/mol. The fraction of sp³-hybridized carbons (Fsp3) is 0.429. The molecule has 0 saturated heterocycles. The molecule has 4 nitrogen and oxygen atoms in total. The van der Waals surface area contributed by atoms with Gasteiger partial charge >= 0.3 is 11.9 Å². The van der Waals surface area contributed by atoms with Crippen LogP contribution in [0, 0.1) is 13.8 Å². The van der Waals surface area contributed by atoms with E-state index < -0.39 is 0 Å². The number of carbonyl (C=O) groups excluding carboxylic acids is 2. The van der Waals surface area contributed by atoms with Crippen LogP contribution in [-0.2, 0) is 19.1 Å². The first-order valence-electron chi connectivity index (χ1n) is 5.72. The quantitative estimate of drug-likeness (QED) is 0.612.